The lowest BCUT2D eigenvalue weighted by Crippen LogP contribution is -2.54. The summed E-state index contributed by atoms with van der Waals surface area (Å²) < 4.78 is 20.1. The Balaban J connectivity index is 1.69. The summed E-state index contributed by atoms with van der Waals surface area (Å²) in [5.74, 6) is -1.33. The second-order valence-electron chi connectivity index (χ2n) is 7.19. The average molecular weight is 372 g/mol. The molecule has 1 aliphatic heterocycles. The van der Waals surface area contributed by atoms with Crippen LogP contribution in [0.1, 0.15) is 47.7 Å². The first-order valence-electron chi connectivity index (χ1n) is 9.18. The lowest BCUT2D eigenvalue weighted by atomic mass is 9.98. The largest absolute Gasteiger partial charge is 0.442 e. The Kier molecular flexibility index (Phi) is 5.70. The van der Waals surface area contributed by atoms with Gasteiger partial charge in [0, 0.05) is 31.9 Å². The quantitative estimate of drug-likeness (QED) is 0.843. The zero-order chi connectivity index (χ0) is 19.4. The first kappa shape index (κ1) is 19.2. The number of benzene rings is 1. The van der Waals surface area contributed by atoms with Gasteiger partial charge in [-0.1, -0.05) is 6.07 Å². The number of nitrogens with zero attached hydrogens (tertiary/aromatic N) is 3. The van der Waals surface area contributed by atoms with E-state index in [0.29, 0.717) is 19.0 Å². The van der Waals surface area contributed by atoms with E-state index in [9.17, 15) is 9.18 Å². The molecule has 6 nitrogen and oxygen atoms in total. The van der Waals surface area contributed by atoms with E-state index in [4.69, 9.17) is 10.5 Å². The summed E-state index contributed by atoms with van der Waals surface area (Å²) in [6, 6.07) is 4.94. The molecule has 1 atom stereocenters. The number of likely N-dealkylation sites (tertiary alicyclic amines) is 1. The summed E-state index contributed by atoms with van der Waals surface area (Å²) in [5, 5.41) is 0. The van der Waals surface area contributed by atoms with E-state index in [-0.39, 0.29) is 5.56 Å². The maximum atomic E-state index is 14.0. The molecule has 1 aromatic carbocycles. The van der Waals surface area contributed by atoms with Gasteiger partial charge in [0.1, 0.15) is 5.82 Å². The van der Waals surface area contributed by atoms with Crippen LogP contribution in [0.25, 0.3) is 0 Å². The summed E-state index contributed by atoms with van der Waals surface area (Å²) in [6.07, 6.45) is 7.15. The molecule has 0 spiro atoms. The molecule has 0 saturated carbocycles. The van der Waals surface area contributed by atoms with Crippen molar-refractivity contribution < 1.29 is 13.9 Å². The highest BCUT2D eigenvalue weighted by Crippen LogP contribution is 2.29. The number of aromatic nitrogens is 2. The SMILES string of the molecule is Cc1cnc(OC2(C)CCCCN2CCc2ccc(C(N)=O)c(F)c2)nc1. The lowest BCUT2D eigenvalue weighted by Gasteiger charge is -2.43. The minimum atomic E-state index is -0.755. The van der Waals surface area contributed by atoms with Gasteiger partial charge in [-0.05, 0) is 56.4 Å². The van der Waals surface area contributed by atoms with E-state index in [0.717, 1.165) is 36.9 Å². The predicted octanol–water partition coefficient (Wildman–Crippen LogP) is 2.85. The third-order valence-corrected chi connectivity index (χ3v) is 5.03. The highest BCUT2D eigenvalue weighted by atomic mass is 19.1. The van der Waals surface area contributed by atoms with Gasteiger partial charge in [-0.3, -0.25) is 9.69 Å². The summed E-state index contributed by atoms with van der Waals surface area (Å²) in [7, 11) is 0. The van der Waals surface area contributed by atoms with E-state index in [1.54, 1.807) is 18.5 Å². The second-order valence-corrected chi connectivity index (χ2v) is 7.19. The zero-order valence-corrected chi connectivity index (χ0v) is 15.7. The summed E-state index contributed by atoms with van der Waals surface area (Å²) in [6.45, 7) is 5.58. The Morgan fingerprint density at radius 2 is 2.07 bits per heavy atom. The Morgan fingerprint density at radius 1 is 1.33 bits per heavy atom. The number of halogens is 1. The maximum Gasteiger partial charge on any atom is 0.318 e. The van der Waals surface area contributed by atoms with Crippen molar-refractivity contribution in [3.8, 4) is 6.01 Å². The molecule has 1 amide bonds. The molecule has 27 heavy (non-hydrogen) atoms. The molecule has 0 radical (unpaired) electrons. The van der Waals surface area contributed by atoms with Gasteiger partial charge in [0.2, 0.25) is 0 Å². The standard InChI is InChI=1S/C20H25FN4O2/c1-14-12-23-19(24-13-14)27-20(2)8-3-4-9-25(20)10-7-15-5-6-16(18(22)26)17(21)11-15/h5-6,11-13H,3-4,7-10H2,1-2H3,(H2,22,26). The molecular formula is C20H25FN4O2. The first-order chi connectivity index (χ1) is 12.9. The molecule has 3 rings (SSSR count). The van der Waals surface area contributed by atoms with Crippen molar-refractivity contribution in [3.63, 3.8) is 0 Å². The zero-order valence-electron chi connectivity index (χ0n) is 15.7. The molecule has 2 aromatic rings. The lowest BCUT2D eigenvalue weighted by molar-refractivity contribution is -0.100. The Morgan fingerprint density at radius 3 is 2.74 bits per heavy atom. The van der Waals surface area contributed by atoms with Gasteiger partial charge < -0.3 is 10.5 Å². The highest BCUT2D eigenvalue weighted by Gasteiger charge is 2.37. The molecule has 0 aliphatic carbocycles. The molecule has 1 unspecified atom stereocenters. The van der Waals surface area contributed by atoms with Crippen molar-refractivity contribution in [2.45, 2.75) is 45.3 Å². The minimum absolute atomic E-state index is 0.0820. The molecular weight excluding hydrogens is 347 g/mol. The topological polar surface area (TPSA) is 81.3 Å². The third kappa shape index (κ3) is 4.60. The smallest absolute Gasteiger partial charge is 0.318 e. The van der Waals surface area contributed by atoms with Gasteiger partial charge in [0.15, 0.2) is 5.72 Å². The van der Waals surface area contributed by atoms with Gasteiger partial charge >= 0.3 is 6.01 Å². The fourth-order valence-electron chi connectivity index (χ4n) is 3.42. The van der Waals surface area contributed by atoms with Crippen LogP contribution >= 0.6 is 0 Å². The van der Waals surface area contributed by atoms with Crippen LogP contribution in [0.15, 0.2) is 30.6 Å². The normalized spacial score (nSPS) is 20.4. The van der Waals surface area contributed by atoms with Crippen molar-refractivity contribution in [3.05, 3.63) is 53.1 Å². The molecule has 0 bridgehead atoms. The monoisotopic (exact) mass is 372 g/mol. The molecule has 1 saturated heterocycles. The fourth-order valence-corrected chi connectivity index (χ4v) is 3.42. The summed E-state index contributed by atoms with van der Waals surface area (Å²) >= 11 is 0. The van der Waals surface area contributed by atoms with Gasteiger partial charge in [0.25, 0.3) is 5.91 Å². The van der Waals surface area contributed by atoms with Crippen LogP contribution in [0, 0.1) is 12.7 Å². The average Bonchev–Trinajstić information content (AvgIpc) is 2.62. The third-order valence-electron chi connectivity index (χ3n) is 5.03. The molecule has 144 valence electrons. The molecule has 1 aromatic heterocycles. The van der Waals surface area contributed by atoms with Gasteiger partial charge in [-0.25, -0.2) is 14.4 Å². The van der Waals surface area contributed by atoms with Crippen LogP contribution in [0.5, 0.6) is 6.01 Å². The Bertz CT molecular complexity index is 812. The maximum absolute atomic E-state index is 14.0. The fraction of sp³-hybridized carbons (Fsp3) is 0.450. The van der Waals surface area contributed by atoms with Crippen LogP contribution < -0.4 is 10.5 Å². The van der Waals surface area contributed by atoms with Gasteiger partial charge in [0.05, 0.1) is 5.56 Å². The van der Waals surface area contributed by atoms with E-state index in [1.165, 1.54) is 12.1 Å². The van der Waals surface area contributed by atoms with Crippen molar-refractivity contribution in [2.75, 3.05) is 13.1 Å². The molecule has 1 fully saturated rings. The minimum Gasteiger partial charge on any atom is -0.442 e. The van der Waals surface area contributed by atoms with Crippen LogP contribution in [-0.2, 0) is 6.42 Å². The number of hydrogen-bond acceptors (Lipinski definition) is 5. The highest BCUT2D eigenvalue weighted by molar-refractivity contribution is 5.93. The van der Waals surface area contributed by atoms with Crippen LogP contribution in [-0.4, -0.2) is 39.6 Å². The van der Waals surface area contributed by atoms with E-state index < -0.39 is 17.4 Å². The van der Waals surface area contributed by atoms with E-state index in [2.05, 4.69) is 14.9 Å². The van der Waals surface area contributed by atoms with Crippen molar-refractivity contribution in [1.29, 1.82) is 0 Å². The summed E-state index contributed by atoms with van der Waals surface area (Å²) in [5.41, 5.74) is 6.37. The molecule has 2 N–H and O–H groups in total. The van der Waals surface area contributed by atoms with Gasteiger partial charge in [-0.2, -0.15) is 0 Å². The number of ether oxygens (including phenoxy) is 1. The van der Waals surface area contributed by atoms with Crippen LogP contribution in [0.4, 0.5) is 4.39 Å². The number of aryl methyl sites for hydroxylation is 1. The predicted molar refractivity (Wildman–Crippen MR) is 99.8 cm³/mol. The summed E-state index contributed by atoms with van der Waals surface area (Å²) in [4.78, 5) is 21.9. The molecule has 7 heteroatoms. The Labute approximate surface area is 158 Å². The van der Waals surface area contributed by atoms with E-state index in [1.807, 2.05) is 13.8 Å². The number of nitrogens with two attached hydrogens (primary N) is 1. The van der Waals surface area contributed by atoms with Crippen LogP contribution in [0.2, 0.25) is 0 Å². The number of piperidine rings is 1. The molecule has 1 aliphatic rings. The van der Waals surface area contributed by atoms with Crippen molar-refractivity contribution in [1.82, 2.24) is 14.9 Å². The Hall–Kier alpha value is -2.54. The van der Waals surface area contributed by atoms with Gasteiger partial charge in [-0.15, -0.1) is 0 Å². The first-order valence-corrected chi connectivity index (χ1v) is 9.18. The number of carbonyl (C=O) groups excluding carboxylic acids is 1. The number of primary amides is 1. The van der Waals surface area contributed by atoms with Crippen molar-refractivity contribution >= 4 is 5.91 Å². The van der Waals surface area contributed by atoms with Crippen LogP contribution in [0.3, 0.4) is 0 Å². The van der Waals surface area contributed by atoms with E-state index >= 15 is 0 Å². The number of carbonyl (C=O) groups is 1. The number of amides is 1. The second kappa shape index (κ2) is 8.00. The number of rotatable bonds is 6. The number of hydrogen-bond donors (Lipinski definition) is 1. The van der Waals surface area contributed by atoms with Crippen molar-refractivity contribution in [2.24, 2.45) is 5.73 Å². The molecule has 2 heterocycles.